The average Bonchev–Trinajstić information content (AvgIpc) is 2.26. The molecule has 3 N–H and O–H groups in total. The number of pyridine rings is 1. The monoisotopic (exact) mass is 266 g/mol. The molecule has 0 radical (unpaired) electrons. The van der Waals surface area contributed by atoms with Crippen LogP contribution in [0.5, 0.6) is 0 Å². The highest BCUT2D eigenvalue weighted by Gasteiger charge is 2.22. The fraction of sp³-hybridized carbons (Fsp3) is 0.462. The number of carboxylic acids is 1. The molecule has 104 valence electrons. The largest absolute Gasteiger partial charge is 0.480 e. The van der Waals surface area contributed by atoms with Gasteiger partial charge >= 0.3 is 5.97 Å². The summed E-state index contributed by atoms with van der Waals surface area (Å²) in [6, 6.07) is 0.306. The minimum atomic E-state index is -1.11. The second kappa shape index (κ2) is 6.17. The summed E-state index contributed by atoms with van der Waals surface area (Å²) in [7, 11) is 0. The molecule has 0 aliphatic carbocycles. The Balaban J connectivity index is 2.88. The van der Waals surface area contributed by atoms with Gasteiger partial charge in [0.05, 0.1) is 0 Å². The highest BCUT2D eigenvalue weighted by Crippen LogP contribution is 2.05. The number of hydrogen-bond donors (Lipinski definition) is 3. The van der Waals surface area contributed by atoms with Gasteiger partial charge in [0.15, 0.2) is 5.43 Å². The van der Waals surface area contributed by atoms with Crippen LogP contribution in [0.1, 0.15) is 36.3 Å². The maximum Gasteiger partial charge on any atom is 0.326 e. The Morgan fingerprint density at radius 3 is 2.53 bits per heavy atom. The highest BCUT2D eigenvalue weighted by atomic mass is 16.4. The van der Waals surface area contributed by atoms with Crippen molar-refractivity contribution in [2.24, 2.45) is 5.92 Å². The number of carbonyl (C=O) groups excluding carboxylic acids is 1. The van der Waals surface area contributed by atoms with Crippen LogP contribution in [0.15, 0.2) is 17.1 Å². The van der Waals surface area contributed by atoms with E-state index in [4.69, 9.17) is 5.11 Å². The van der Waals surface area contributed by atoms with Crippen molar-refractivity contribution in [2.45, 2.75) is 33.2 Å². The van der Waals surface area contributed by atoms with Gasteiger partial charge in [-0.05, 0) is 19.3 Å². The fourth-order valence-corrected chi connectivity index (χ4v) is 1.68. The van der Waals surface area contributed by atoms with E-state index in [1.54, 1.807) is 6.92 Å². The lowest BCUT2D eigenvalue weighted by molar-refractivity contribution is -0.139. The van der Waals surface area contributed by atoms with Gasteiger partial charge in [0, 0.05) is 18.0 Å². The van der Waals surface area contributed by atoms with Crippen molar-refractivity contribution in [1.82, 2.24) is 10.3 Å². The van der Waals surface area contributed by atoms with E-state index in [-0.39, 0.29) is 11.5 Å². The summed E-state index contributed by atoms with van der Waals surface area (Å²) in [5.41, 5.74) is 0.126. The molecule has 1 amide bonds. The summed E-state index contributed by atoms with van der Waals surface area (Å²) in [4.78, 5) is 37.3. The van der Waals surface area contributed by atoms with E-state index in [2.05, 4.69) is 10.3 Å². The maximum absolute atomic E-state index is 11.9. The Morgan fingerprint density at radius 1 is 1.42 bits per heavy atom. The van der Waals surface area contributed by atoms with Crippen molar-refractivity contribution in [3.8, 4) is 0 Å². The zero-order chi connectivity index (χ0) is 14.6. The molecule has 0 aliphatic heterocycles. The summed E-state index contributed by atoms with van der Waals surface area (Å²) < 4.78 is 0. The predicted octanol–water partition coefficient (Wildman–Crippen LogP) is 0.912. The first-order valence-electron chi connectivity index (χ1n) is 6.04. The standard InChI is InChI=1S/C13H18N2O4/c1-7(2)4-10(13(18)19)15-12(17)9-6-14-8(3)5-11(9)16/h5-7,10H,4H2,1-3H3,(H,14,16)(H,15,17)(H,18,19)/t10-/m1/s1. The first-order chi connectivity index (χ1) is 8.81. The number of H-pyrrole nitrogens is 1. The molecule has 1 rings (SSSR count). The van der Waals surface area contributed by atoms with Crippen LogP contribution in [0.3, 0.4) is 0 Å². The smallest absolute Gasteiger partial charge is 0.326 e. The Kier molecular flexibility index (Phi) is 4.86. The molecule has 1 heterocycles. The van der Waals surface area contributed by atoms with Crippen molar-refractivity contribution in [1.29, 1.82) is 0 Å². The molecule has 6 nitrogen and oxygen atoms in total. The summed E-state index contributed by atoms with van der Waals surface area (Å²) in [6.07, 6.45) is 1.60. The number of carboxylic acid groups (broad SMARTS) is 1. The lowest BCUT2D eigenvalue weighted by Gasteiger charge is -2.16. The fourth-order valence-electron chi connectivity index (χ4n) is 1.68. The van der Waals surface area contributed by atoms with Gasteiger partial charge in [-0.1, -0.05) is 13.8 Å². The number of carbonyl (C=O) groups is 2. The molecule has 0 saturated carbocycles. The van der Waals surface area contributed by atoms with Crippen molar-refractivity contribution in [2.75, 3.05) is 0 Å². The number of aromatic amines is 1. The minimum absolute atomic E-state index is 0.0828. The molecular formula is C13H18N2O4. The molecule has 0 bridgehead atoms. The van der Waals surface area contributed by atoms with Crippen LogP contribution in [0, 0.1) is 12.8 Å². The minimum Gasteiger partial charge on any atom is -0.480 e. The van der Waals surface area contributed by atoms with Crippen LogP contribution in [-0.2, 0) is 4.79 Å². The molecule has 0 saturated heterocycles. The molecule has 0 aromatic carbocycles. The lowest BCUT2D eigenvalue weighted by atomic mass is 10.0. The SMILES string of the molecule is Cc1cc(=O)c(C(=O)N[C@H](CC(C)C)C(=O)O)c[nH]1. The van der Waals surface area contributed by atoms with E-state index in [0.29, 0.717) is 12.1 Å². The van der Waals surface area contributed by atoms with Crippen molar-refractivity contribution in [3.63, 3.8) is 0 Å². The van der Waals surface area contributed by atoms with Crippen LogP contribution in [0.25, 0.3) is 0 Å². The zero-order valence-corrected chi connectivity index (χ0v) is 11.2. The van der Waals surface area contributed by atoms with E-state index in [1.165, 1.54) is 12.3 Å². The second-order valence-electron chi connectivity index (χ2n) is 4.89. The Labute approximate surface area is 110 Å². The van der Waals surface area contributed by atoms with Crippen molar-refractivity contribution < 1.29 is 14.7 Å². The molecule has 1 atom stereocenters. The van der Waals surface area contributed by atoms with Gasteiger partial charge in [0.1, 0.15) is 11.6 Å². The zero-order valence-electron chi connectivity index (χ0n) is 11.2. The van der Waals surface area contributed by atoms with Gasteiger partial charge < -0.3 is 15.4 Å². The van der Waals surface area contributed by atoms with Crippen LogP contribution >= 0.6 is 0 Å². The normalized spacial score (nSPS) is 12.2. The predicted molar refractivity (Wildman–Crippen MR) is 70.1 cm³/mol. The topological polar surface area (TPSA) is 99.3 Å². The van der Waals surface area contributed by atoms with Gasteiger partial charge in [-0.15, -0.1) is 0 Å². The van der Waals surface area contributed by atoms with Crippen molar-refractivity contribution >= 4 is 11.9 Å². The van der Waals surface area contributed by atoms with Gasteiger partial charge in [0.2, 0.25) is 0 Å². The number of rotatable bonds is 5. The van der Waals surface area contributed by atoms with Crippen LogP contribution in [0.4, 0.5) is 0 Å². The van der Waals surface area contributed by atoms with Crippen LogP contribution < -0.4 is 10.7 Å². The average molecular weight is 266 g/mol. The summed E-state index contributed by atoms with van der Waals surface area (Å²) >= 11 is 0. The third kappa shape index (κ3) is 4.24. The number of amides is 1. The second-order valence-corrected chi connectivity index (χ2v) is 4.89. The number of aliphatic carboxylic acids is 1. The van der Waals surface area contributed by atoms with Gasteiger partial charge in [-0.3, -0.25) is 9.59 Å². The summed E-state index contributed by atoms with van der Waals surface area (Å²) in [5.74, 6) is -1.66. The third-order valence-corrected chi connectivity index (χ3v) is 2.61. The summed E-state index contributed by atoms with van der Waals surface area (Å²) in [5, 5.41) is 11.4. The van der Waals surface area contributed by atoms with E-state index < -0.39 is 23.3 Å². The lowest BCUT2D eigenvalue weighted by Crippen LogP contribution is -2.43. The molecule has 0 unspecified atom stereocenters. The summed E-state index contributed by atoms with van der Waals surface area (Å²) in [6.45, 7) is 5.42. The quantitative estimate of drug-likeness (QED) is 0.737. The van der Waals surface area contributed by atoms with Gasteiger partial charge in [-0.25, -0.2) is 4.79 Å². The van der Waals surface area contributed by atoms with E-state index in [9.17, 15) is 14.4 Å². The molecule has 0 aliphatic rings. The van der Waals surface area contributed by atoms with Gasteiger partial charge in [-0.2, -0.15) is 0 Å². The molecular weight excluding hydrogens is 248 g/mol. The first-order valence-corrected chi connectivity index (χ1v) is 6.04. The van der Waals surface area contributed by atoms with E-state index in [0.717, 1.165) is 0 Å². The van der Waals surface area contributed by atoms with Gasteiger partial charge in [0.25, 0.3) is 5.91 Å². The molecule has 0 spiro atoms. The number of aryl methyl sites for hydroxylation is 1. The Bertz CT molecular complexity index is 534. The van der Waals surface area contributed by atoms with Crippen LogP contribution in [0.2, 0.25) is 0 Å². The van der Waals surface area contributed by atoms with E-state index >= 15 is 0 Å². The maximum atomic E-state index is 11.9. The van der Waals surface area contributed by atoms with Crippen LogP contribution in [-0.4, -0.2) is 28.0 Å². The van der Waals surface area contributed by atoms with E-state index in [1.807, 2.05) is 13.8 Å². The molecule has 1 aromatic rings. The molecule has 0 fully saturated rings. The van der Waals surface area contributed by atoms with Crippen molar-refractivity contribution in [3.05, 3.63) is 33.7 Å². The number of nitrogens with one attached hydrogen (secondary N) is 2. The highest BCUT2D eigenvalue weighted by molar-refractivity contribution is 5.96. The third-order valence-electron chi connectivity index (χ3n) is 2.61. The molecule has 19 heavy (non-hydrogen) atoms. The molecule has 1 aromatic heterocycles. The Morgan fingerprint density at radius 2 is 2.05 bits per heavy atom. The Hall–Kier alpha value is -2.11. The first kappa shape index (κ1) is 14.9. The number of hydrogen-bond acceptors (Lipinski definition) is 3. The molecule has 6 heteroatoms. The number of aromatic nitrogens is 1.